The minimum absolute atomic E-state index is 0.170. The van der Waals surface area contributed by atoms with Crippen molar-refractivity contribution in [1.29, 1.82) is 0 Å². The Balaban J connectivity index is 1.62. The second kappa shape index (κ2) is 6.37. The average Bonchev–Trinajstić information content (AvgIpc) is 3.19. The number of nitrogens with zero attached hydrogens (tertiary/aromatic N) is 2. The highest BCUT2D eigenvalue weighted by molar-refractivity contribution is 7.16. The molecule has 128 valence electrons. The molecular formula is C19H18N2O3S. The van der Waals surface area contributed by atoms with E-state index < -0.39 is 0 Å². The van der Waals surface area contributed by atoms with Crippen molar-refractivity contribution in [3.63, 3.8) is 0 Å². The van der Waals surface area contributed by atoms with E-state index in [1.165, 1.54) is 5.56 Å². The van der Waals surface area contributed by atoms with Crippen molar-refractivity contribution in [2.24, 2.45) is 12.0 Å². The fourth-order valence-corrected chi connectivity index (χ4v) is 3.98. The summed E-state index contributed by atoms with van der Waals surface area (Å²) >= 11 is 1.54. The van der Waals surface area contributed by atoms with Gasteiger partial charge in [0, 0.05) is 7.05 Å². The first-order valence-corrected chi connectivity index (χ1v) is 9.00. The molecule has 2 aromatic carbocycles. The molecule has 4 rings (SSSR count). The number of thiazole rings is 1. The van der Waals surface area contributed by atoms with Crippen molar-refractivity contribution in [1.82, 2.24) is 4.57 Å². The normalized spacial score (nSPS) is 13.6. The number of hydrogen-bond donors (Lipinski definition) is 0. The molecular weight excluding hydrogens is 336 g/mol. The Morgan fingerprint density at radius 1 is 1.16 bits per heavy atom. The van der Waals surface area contributed by atoms with Crippen LogP contribution in [0, 0.1) is 0 Å². The molecule has 0 bridgehead atoms. The Morgan fingerprint density at radius 3 is 2.80 bits per heavy atom. The number of ether oxygens (including phenoxy) is 2. The molecule has 1 aliphatic heterocycles. The van der Waals surface area contributed by atoms with Crippen LogP contribution >= 0.6 is 11.3 Å². The van der Waals surface area contributed by atoms with Crippen LogP contribution in [0.25, 0.3) is 10.2 Å². The lowest BCUT2D eigenvalue weighted by atomic mass is 10.1. The standard InChI is InChI=1S/C19H18N2O3S/c1-3-12-4-6-14-17(9-12)25-19(21(14)2)20-18(22)10-13-5-7-15-16(8-13)24-11-23-15/h4-9H,3,10-11H2,1-2H3. The Morgan fingerprint density at radius 2 is 1.96 bits per heavy atom. The zero-order valence-corrected chi connectivity index (χ0v) is 14.9. The van der Waals surface area contributed by atoms with Gasteiger partial charge < -0.3 is 14.0 Å². The van der Waals surface area contributed by atoms with Crippen LogP contribution in [0.15, 0.2) is 41.4 Å². The summed E-state index contributed by atoms with van der Waals surface area (Å²) in [5, 5.41) is 0. The SMILES string of the molecule is CCc1ccc2c(c1)sc(=NC(=O)Cc1ccc3c(c1)OCO3)n2C. The molecule has 3 aromatic rings. The van der Waals surface area contributed by atoms with E-state index in [1.807, 2.05) is 29.8 Å². The largest absolute Gasteiger partial charge is 0.454 e. The third kappa shape index (κ3) is 3.05. The number of rotatable bonds is 3. The van der Waals surface area contributed by atoms with Gasteiger partial charge in [-0.3, -0.25) is 4.79 Å². The van der Waals surface area contributed by atoms with Crippen molar-refractivity contribution in [3.8, 4) is 11.5 Å². The second-order valence-electron chi connectivity index (χ2n) is 5.97. The number of benzene rings is 2. The lowest BCUT2D eigenvalue weighted by Crippen LogP contribution is -2.14. The van der Waals surface area contributed by atoms with Gasteiger partial charge in [-0.25, -0.2) is 0 Å². The number of amides is 1. The zero-order chi connectivity index (χ0) is 17.4. The quantitative estimate of drug-likeness (QED) is 0.726. The summed E-state index contributed by atoms with van der Waals surface area (Å²) in [6.45, 7) is 2.36. The number of carbonyl (C=O) groups excluding carboxylic acids is 1. The minimum atomic E-state index is -0.170. The van der Waals surface area contributed by atoms with Gasteiger partial charge in [0.25, 0.3) is 5.91 Å². The summed E-state index contributed by atoms with van der Waals surface area (Å²) in [6.07, 6.45) is 1.23. The average molecular weight is 354 g/mol. The maximum Gasteiger partial charge on any atom is 0.252 e. The van der Waals surface area contributed by atoms with Crippen molar-refractivity contribution in [3.05, 3.63) is 52.3 Å². The summed E-state index contributed by atoms with van der Waals surface area (Å²) in [5.41, 5.74) is 3.25. The summed E-state index contributed by atoms with van der Waals surface area (Å²) in [7, 11) is 1.94. The molecule has 0 atom stereocenters. The van der Waals surface area contributed by atoms with Crippen molar-refractivity contribution in [2.75, 3.05) is 6.79 Å². The van der Waals surface area contributed by atoms with E-state index in [2.05, 4.69) is 30.1 Å². The van der Waals surface area contributed by atoms with Gasteiger partial charge in [-0.1, -0.05) is 30.4 Å². The van der Waals surface area contributed by atoms with Crippen LogP contribution in [-0.4, -0.2) is 17.3 Å². The topological polar surface area (TPSA) is 52.8 Å². The van der Waals surface area contributed by atoms with Crippen molar-refractivity contribution in [2.45, 2.75) is 19.8 Å². The van der Waals surface area contributed by atoms with Crippen molar-refractivity contribution >= 4 is 27.5 Å². The minimum Gasteiger partial charge on any atom is -0.454 e. The first kappa shape index (κ1) is 15.9. The number of fused-ring (bicyclic) bond motifs is 2. The van der Waals surface area contributed by atoms with Crippen LogP contribution in [0.4, 0.5) is 0 Å². The van der Waals surface area contributed by atoms with E-state index in [9.17, 15) is 4.79 Å². The van der Waals surface area contributed by atoms with E-state index >= 15 is 0 Å². The van der Waals surface area contributed by atoms with Crippen LogP contribution in [0.1, 0.15) is 18.1 Å². The molecule has 0 spiro atoms. The molecule has 0 aliphatic carbocycles. The van der Waals surface area contributed by atoms with Gasteiger partial charge in [-0.2, -0.15) is 4.99 Å². The molecule has 2 heterocycles. The molecule has 5 nitrogen and oxygen atoms in total. The first-order valence-electron chi connectivity index (χ1n) is 8.18. The van der Waals surface area contributed by atoms with Gasteiger partial charge in [0.2, 0.25) is 6.79 Å². The van der Waals surface area contributed by atoms with Gasteiger partial charge in [-0.05, 0) is 41.8 Å². The predicted octanol–water partition coefficient (Wildman–Crippen LogP) is 3.20. The fraction of sp³-hybridized carbons (Fsp3) is 0.263. The molecule has 0 radical (unpaired) electrons. The van der Waals surface area contributed by atoms with E-state index in [1.54, 1.807) is 11.3 Å². The van der Waals surface area contributed by atoms with Gasteiger partial charge in [-0.15, -0.1) is 0 Å². The van der Waals surface area contributed by atoms with E-state index in [-0.39, 0.29) is 19.1 Å². The van der Waals surface area contributed by atoms with E-state index in [4.69, 9.17) is 9.47 Å². The van der Waals surface area contributed by atoms with Crippen LogP contribution in [-0.2, 0) is 24.7 Å². The number of carbonyl (C=O) groups is 1. The maximum absolute atomic E-state index is 12.4. The number of aromatic nitrogens is 1. The van der Waals surface area contributed by atoms with Crippen LogP contribution in [0.3, 0.4) is 0 Å². The highest BCUT2D eigenvalue weighted by Gasteiger charge is 2.14. The van der Waals surface area contributed by atoms with Gasteiger partial charge in [0.1, 0.15) is 0 Å². The molecule has 1 amide bonds. The maximum atomic E-state index is 12.4. The predicted molar refractivity (Wildman–Crippen MR) is 97.0 cm³/mol. The summed E-state index contributed by atoms with van der Waals surface area (Å²) < 4.78 is 13.8. The molecule has 0 saturated heterocycles. The van der Waals surface area contributed by atoms with Crippen LogP contribution < -0.4 is 14.3 Å². The Kier molecular flexibility index (Phi) is 4.05. The summed E-state index contributed by atoms with van der Waals surface area (Å²) in [5.74, 6) is 1.23. The van der Waals surface area contributed by atoms with Crippen molar-refractivity contribution < 1.29 is 14.3 Å². The van der Waals surface area contributed by atoms with Crippen LogP contribution in [0.5, 0.6) is 11.5 Å². The Labute approximate surface area is 149 Å². The molecule has 1 aliphatic rings. The van der Waals surface area contributed by atoms with Gasteiger partial charge in [0.15, 0.2) is 16.3 Å². The lowest BCUT2D eigenvalue weighted by Gasteiger charge is -2.00. The fourth-order valence-electron chi connectivity index (χ4n) is 2.88. The summed E-state index contributed by atoms with van der Waals surface area (Å²) in [4.78, 5) is 17.4. The van der Waals surface area contributed by atoms with Crippen LogP contribution in [0.2, 0.25) is 0 Å². The third-order valence-corrected chi connectivity index (χ3v) is 5.39. The summed E-state index contributed by atoms with van der Waals surface area (Å²) in [6, 6.07) is 11.9. The lowest BCUT2D eigenvalue weighted by molar-refractivity contribution is -0.117. The van der Waals surface area contributed by atoms with E-state index in [0.29, 0.717) is 10.6 Å². The molecule has 25 heavy (non-hydrogen) atoms. The monoisotopic (exact) mass is 354 g/mol. The molecule has 0 N–H and O–H groups in total. The number of hydrogen-bond acceptors (Lipinski definition) is 4. The Hall–Kier alpha value is -2.60. The third-order valence-electron chi connectivity index (χ3n) is 4.29. The van der Waals surface area contributed by atoms with Gasteiger partial charge in [0.05, 0.1) is 16.6 Å². The number of aryl methyl sites for hydroxylation is 2. The second-order valence-corrected chi connectivity index (χ2v) is 6.98. The highest BCUT2D eigenvalue weighted by atomic mass is 32.1. The Bertz CT molecular complexity index is 1030. The van der Waals surface area contributed by atoms with E-state index in [0.717, 1.165) is 28.0 Å². The molecule has 0 saturated carbocycles. The van der Waals surface area contributed by atoms with Gasteiger partial charge >= 0.3 is 0 Å². The molecule has 0 unspecified atom stereocenters. The molecule has 1 aromatic heterocycles. The molecule has 6 heteroatoms. The molecule has 0 fully saturated rings. The zero-order valence-electron chi connectivity index (χ0n) is 14.1. The highest BCUT2D eigenvalue weighted by Crippen LogP contribution is 2.32. The first-order chi connectivity index (χ1) is 12.1. The smallest absolute Gasteiger partial charge is 0.252 e.